The molecule has 28 heavy (non-hydrogen) atoms. The zero-order valence-corrected chi connectivity index (χ0v) is 16.7. The number of aromatic amines is 1. The molecule has 0 aliphatic heterocycles. The Hall–Kier alpha value is -3.06. The summed E-state index contributed by atoms with van der Waals surface area (Å²) in [6.07, 6.45) is 2.01. The van der Waals surface area contributed by atoms with Gasteiger partial charge in [0.2, 0.25) is 0 Å². The van der Waals surface area contributed by atoms with E-state index in [1.165, 1.54) is 5.56 Å². The third kappa shape index (κ3) is 2.97. The molecule has 3 N–H and O–H groups in total. The SMILES string of the molecule is CSc1ccccc1-c1nc2[nH]nc(N)c2c(=O)n1-c1ccc(C(C)C)cc1. The lowest BCUT2D eigenvalue weighted by atomic mass is 10.0. The van der Waals surface area contributed by atoms with E-state index < -0.39 is 0 Å². The number of hydrogen-bond donors (Lipinski definition) is 2. The molecule has 0 aliphatic carbocycles. The first-order chi connectivity index (χ1) is 13.5. The Balaban J connectivity index is 2.06. The molecule has 0 atom stereocenters. The molecule has 0 unspecified atom stereocenters. The zero-order chi connectivity index (χ0) is 19.8. The molecule has 0 spiro atoms. The van der Waals surface area contributed by atoms with Gasteiger partial charge in [0.1, 0.15) is 5.39 Å². The number of H-pyrrole nitrogens is 1. The third-order valence-corrected chi connectivity index (χ3v) is 5.58. The van der Waals surface area contributed by atoms with Crippen molar-refractivity contribution >= 4 is 28.6 Å². The topological polar surface area (TPSA) is 89.6 Å². The van der Waals surface area contributed by atoms with Gasteiger partial charge in [0.05, 0.1) is 5.69 Å². The lowest BCUT2D eigenvalue weighted by Crippen LogP contribution is -2.22. The van der Waals surface area contributed by atoms with Gasteiger partial charge in [-0.15, -0.1) is 11.8 Å². The monoisotopic (exact) mass is 391 g/mol. The molecule has 2 aromatic carbocycles. The summed E-state index contributed by atoms with van der Waals surface area (Å²) in [6.45, 7) is 4.28. The number of benzene rings is 2. The van der Waals surface area contributed by atoms with Crippen LogP contribution in [0.2, 0.25) is 0 Å². The summed E-state index contributed by atoms with van der Waals surface area (Å²) in [7, 11) is 0. The standard InChI is InChI=1S/C21H21N5OS/c1-12(2)13-8-10-14(11-9-13)26-20(15-6-4-5-7-16(15)28-3)23-19-17(21(26)27)18(22)24-25-19/h4-12H,1-3H3,(H3,22,24,25). The molecule has 0 radical (unpaired) electrons. The fraction of sp³-hybridized carbons (Fsp3) is 0.190. The van der Waals surface area contributed by atoms with Crippen LogP contribution in [-0.2, 0) is 0 Å². The lowest BCUT2D eigenvalue weighted by Gasteiger charge is -2.15. The summed E-state index contributed by atoms with van der Waals surface area (Å²) >= 11 is 1.61. The number of nitrogens with one attached hydrogen (secondary N) is 1. The molecular formula is C21H21N5OS. The normalized spacial score (nSPS) is 11.4. The average molecular weight is 392 g/mol. The van der Waals surface area contributed by atoms with Crippen LogP contribution >= 0.6 is 11.8 Å². The number of thioether (sulfide) groups is 1. The summed E-state index contributed by atoms with van der Waals surface area (Å²) < 4.78 is 1.62. The quantitative estimate of drug-likeness (QED) is 0.509. The number of aromatic nitrogens is 4. The van der Waals surface area contributed by atoms with Gasteiger partial charge in [-0.2, -0.15) is 5.10 Å². The van der Waals surface area contributed by atoms with Crippen molar-refractivity contribution in [3.63, 3.8) is 0 Å². The number of rotatable bonds is 4. The van der Waals surface area contributed by atoms with Crippen LogP contribution in [0.1, 0.15) is 25.3 Å². The molecule has 4 rings (SSSR count). The minimum Gasteiger partial charge on any atom is -0.381 e. The average Bonchev–Trinajstić information content (AvgIpc) is 3.09. The van der Waals surface area contributed by atoms with E-state index in [2.05, 4.69) is 24.0 Å². The largest absolute Gasteiger partial charge is 0.381 e. The maximum Gasteiger partial charge on any atom is 0.271 e. The van der Waals surface area contributed by atoms with E-state index in [-0.39, 0.29) is 11.4 Å². The molecule has 0 amide bonds. The van der Waals surface area contributed by atoms with Crippen LogP contribution in [0.4, 0.5) is 5.82 Å². The van der Waals surface area contributed by atoms with Crippen molar-refractivity contribution in [2.45, 2.75) is 24.7 Å². The maximum atomic E-state index is 13.4. The van der Waals surface area contributed by atoms with Gasteiger partial charge in [-0.1, -0.05) is 44.2 Å². The second kappa shape index (κ2) is 7.16. The van der Waals surface area contributed by atoms with Gasteiger partial charge in [0.25, 0.3) is 5.56 Å². The maximum absolute atomic E-state index is 13.4. The van der Waals surface area contributed by atoms with E-state index in [0.29, 0.717) is 22.8 Å². The van der Waals surface area contributed by atoms with Crippen LogP contribution < -0.4 is 11.3 Å². The van der Waals surface area contributed by atoms with Gasteiger partial charge < -0.3 is 5.73 Å². The molecule has 2 aromatic heterocycles. The number of anilines is 1. The highest BCUT2D eigenvalue weighted by Gasteiger charge is 2.19. The highest BCUT2D eigenvalue weighted by Crippen LogP contribution is 2.31. The Morgan fingerprint density at radius 3 is 2.50 bits per heavy atom. The molecule has 2 heterocycles. The predicted octanol–water partition coefficient (Wildman–Crippen LogP) is 4.20. The summed E-state index contributed by atoms with van der Waals surface area (Å²) in [5, 5.41) is 7.05. The molecule has 4 aromatic rings. The highest BCUT2D eigenvalue weighted by atomic mass is 32.2. The highest BCUT2D eigenvalue weighted by molar-refractivity contribution is 7.98. The van der Waals surface area contributed by atoms with Crippen molar-refractivity contribution in [3.8, 4) is 17.1 Å². The molecule has 0 aliphatic rings. The first-order valence-corrected chi connectivity index (χ1v) is 10.2. The predicted molar refractivity (Wildman–Crippen MR) is 115 cm³/mol. The number of nitrogens with two attached hydrogens (primary N) is 1. The fourth-order valence-electron chi connectivity index (χ4n) is 3.26. The van der Waals surface area contributed by atoms with Crippen molar-refractivity contribution < 1.29 is 0 Å². The Labute approximate surface area is 166 Å². The van der Waals surface area contributed by atoms with E-state index in [1.807, 2.05) is 54.8 Å². The van der Waals surface area contributed by atoms with Crippen LogP contribution in [0.3, 0.4) is 0 Å². The number of fused-ring (bicyclic) bond motifs is 1. The second-order valence-corrected chi connectivity index (χ2v) is 7.70. The van der Waals surface area contributed by atoms with E-state index >= 15 is 0 Å². The van der Waals surface area contributed by atoms with Crippen molar-refractivity contribution in [2.24, 2.45) is 0 Å². The van der Waals surface area contributed by atoms with Crippen LogP contribution in [0, 0.1) is 0 Å². The van der Waals surface area contributed by atoms with Crippen LogP contribution in [0.25, 0.3) is 28.1 Å². The first-order valence-electron chi connectivity index (χ1n) is 9.01. The molecule has 0 saturated heterocycles. The minimum absolute atomic E-state index is 0.157. The van der Waals surface area contributed by atoms with Gasteiger partial charge in [-0.05, 0) is 35.9 Å². The van der Waals surface area contributed by atoms with E-state index in [1.54, 1.807) is 16.3 Å². The third-order valence-electron chi connectivity index (χ3n) is 4.79. The number of nitrogen functional groups attached to an aromatic ring is 1. The fourth-order valence-corrected chi connectivity index (χ4v) is 3.85. The molecule has 7 heteroatoms. The van der Waals surface area contributed by atoms with Crippen LogP contribution in [0.5, 0.6) is 0 Å². The molecule has 142 valence electrons. The molecule has 0 fully saturated rings. The van der Waals surface area contributed by atoms with Gasteiger partial charge >= 0.3 is 0 Å². The molecule has 0 saturated carbocycles. The molecular weight excluding hydrogens is 370 g/mol. The summed E-state index contributed by atoms with van der Waals surface area (Å²) in [4.78, 5) is 19.2. The molecule has 0 bridgehead atoms. The minimum atomic E-state index is -0.237. The smallest absolute Gasteiger partial charge is 0.271 e. The van der Waals surface area contributed by atoms with Crippen molar-refractivity contribution in [2.75, 3.05) is 12.0 Å². The summed E-state index contributed by atoms with van der Waals surface area (Å²) in [5.41, 5.74) is 8.93. The lowest BCUT2D eigenvalue weighted by molar-refractivity contribution is 0.864. The van der Waals surface area contributed by atoms with E-state index in [9.17, 15) is 4.79 Å². The Bertz CT molecular complexity index is 1210. The van der Waals surface area contributed by atoms with Gasteiger partial charge in [0.15, 0.2) is 17.3 Å². The number of hydrogen-bond acceptors (Lipinski definition) is 5. The first kappa shape index (κ1) is 18.3. The van der Waals surface area contributed by atoms with Crippen molar-refractivity contribution in [3.05, 3.63) is 64.4 Å². The van der Waals surface area contributed by atoms with Crippen molar-refractivity contribution in [1.82, 2.24) is 19.7 Å². The molecule has 6 nitrogen and oxygen atoms in total. The summed E-state index contributed by atoms with van der Waals surface area (Å²) in [5.74, 6) is 1.13. The van der Waals surface area contributed by atoms with Gasteiger partial charge in [-0.25, -0.2) is 4.98 Å². The van der Waals surface area contributed by atoms with E-state index in [0.717, 1.165) is 16.1 Å². The van der Waals surface area contributed by atoms with Crippen molar-refractivity contribution in [1.29, 1.82) is 0 Å². The van der Waals surface area contributed by atoms with Crippen LogP contribution in [0.15, 0.2) is 58.2 Å². The number of nitrogens with zero attached hydrogens (tertiary/aromatic N) is 3. The second-order valence-electron chi connectivity index (χ2n) is 6.85. The Morgan fingerprint density at radius 2 is 1.82 bits per heavy atom. The van der Waals surface area contributed by atoms with Gasteiger partial charge in [0, 0.05) is 10.5 Å². The van der Waals surface area contributed by atoms with Gasteiger partial charge in [-0.3, -0.25) is 14.5 Å². The summed E-state index contributed by atoms with van der Waals surface area (Å²) in [6, 6.07) is 15.9. The Kier molecular flexibility index (Phi) is 4.68. The zero-order valence-electron chi connectivity index (χ0n) is 15.9. The van der Waals surface area contributed by atoms with Crippen LogP contribution in [-0.4, -0.2) is 26.0 Å². The van der Waals surface area contributed by atoms with E-state index in [4.69, 9.17) is 10.7 Å². The Morgan fingerprint density at radius 1 is 1.11 bits per heavy atom.